The third-order valence-corrected chi connectivity index (χ3v) is 4.32. The average Bonchev–Trinajstić information content (AvgIpc) is 2.75. The number of aryl methyl sites for hydroxylation is 1. The van der Waals surface area contributed by atoms with Crippen LogP contribution in [-0.4, -0.2) is 22.8 Å². The maximum Gasteiger partial charge on any atom is 0.256 e. The first-order chi connectivity index (χ1) is 8.59. The van der Waals surface area contributed by atoms with Gasteiger partial charge >= 0.3 is 0 Å². The number of rotatable bonds is 3. The minimum atomic E-state index is -0.0252. The van der Waals surface area contributed by atoms with E-state index in [2.05, 4.69) is 33.9 Å². The summed E-state index contributed by atoms with van der Waals surface area (Å²) in [7, 11) is 1.81. The van der Waals surface area contributed by atoms with Crippen molar-refractivity contribution in [2.45, 2.75) is 13.5 Å². The normalized spacial score (nSPS) is 10.4. The predicted octanol–water partition coefficient (Wildman–Crippen LogP) is 3.49. The number of amides is 1. The fraction of sp³-hybridized carbons (Fsp3) is 0.231. The number of carbonyl (C=O) groups excluding carboxylic acids is 1. The van der Waals surface area contributed by atoms with Gasteiger partial charge in [-0.15, -0.1) is 11.3 Å². The van der Waals surface area contributed by atoms with Gasteiger partial charge in [0.25, 0.3) is 5.91 Å². The molecule has 0 aromatic carbocycles. The summed E-state index contributed by atoms with van der Waals surface area (Å²) in [5.41, 5.74) is 1.82. The zero-order valence-electron chi connectivity index (χ0n) is 10.2. The number of carbonyl (C=O) groups is 1. The molecule has 2 aromatic heterocycles. The molecule has 0 saturated heterocycles. The van der Waals surface area contributed by atoms with Gasteiger partial charge in [0.15, 0.2) is 0 Å². The molecule has 0 N–H and O–H groups in total. The molecule has 3 nitrogen and oxygen atoms in total. The van der Waals surface area contributed by atoms with Gasteiger partial charge in [-0.05, 0) is 52.0 Å². The highest BCUT2D eigenvalue weighted by molar-refractivity contribution is 9.10. The third kappa shape index (κ3) is 2.79. The van der Waals surface area contributed by atoms with E-state index in [4.69, 9.17) is 0 Å². The minimum absolute atomic E-state index is 0.0252. The number of nitrogens with zero attached hydrogens (tertiary/aromatic N) is 2. The summed E-state index contributed by atoms with van der Waals surface area (Å²) < 4.78 is 0.588. The molecule has 2 heterocycles. The summed E-state index contributed by atoms with van der Waals surface area (Å²) in [4.78, 5) is 19.3. The summed E-state index contributed by atoms with van der Waals surface area (Å²) in [5.74, 6) is -0.0252. The SMILES string of the molecule is Cc1ccsc1CN(C)C(=O)c1cccnc1Br. The fourth-order valence-electron chi connectivity index (χ4n) is 1.60. The van der Waals surface area contributed by atoms with Crippen LogP contribution in [0.2, 0.25) is 0 Å². The van der Waals surface area contributed by atoms with Gasteiger partial charge in [-0.1, -0.05) is 0 Å². The maximum absolute atomic E-state index is 12.3. The quantitative estimate of drug-likeness (QED) is 0.810. The van der Waals surface area contributed by atoms with Crippen LogP contribution in [-0.2, 0) is 6.54 Å². The standard InChI is InChI=1S/C13H13BrN2OS/c1-9-5-7-18-11(9)8-16(2)13(17)10-4-3-6-15-12(10)14/h3-7H,8H2,1-2H3. The van der Waals surface area contributed by atoms with E-state index < -0.39 is 0 Å². The molecule has 1 amide bonds. The average molecular weight is 325 g/mol. The van der Waals surface area contributed by atoms with E-state index in [1.807, 2.05) is 5.38 Å². The van der Waals surface area contributed by atoms with Crippen molar-refractivity contribution >= 4 is 33.2 Å². The van der Waals surface area contributed by atoms with E-state index >= 15 is 0 Å². The summed E-state index contributed by atoms with van der Waals surface area (Å²) in [5, 5.41) is 2.04. The largest absolute Gasteiger partial charge is 0.336 e. The molecule has 0 bridgehead atoms. The molecule has 5 heteroatoms. The van der Waals surface area contributed by atoms with Crippen LogP contribution in [0.5, 0.6) is 0 Å². The van der Waals surface area contributed by atoms with E-state index in [-0.39, 0.29) is 5.91 Å². The van der Waals surface area contributed by atoms with Gasteiger partial charge in [0.1, 0.15) is 4.60 Å². The fourth-order valence-corrected chi connectivity index (χ4v) is 2.98. The molecule has 94 valence electrons. The van der Waals surface area contributed by atoms with Crippen molar-refractivity contribution < 1.29 is 4.79 Å². The maximum atomic E-state index is 12.3. The molecular weight excluding hydrogens is 312 g/mol. The van der Waals surface area contributed by atoms with Crippen molar-refractivity contribution in [2.75, 3.05) is 7.05 Å². The second-order valence-corrected chi connectivity index (χ2v) is 5.78. The summed E-state index contributed by atoms with van der Waals surface area (Å²) >= 11 is 4.98. The molecule has 0 aliphatic heterocycles. The van der Waals surface area contributed by atoms with Crippen LogP contribution in [0.15, 0.2) is 34.4 Å². The van der Waals surface area contributed by atoms with Gasteiger partial charge in [0, 0.05) is 18.1 Å². The molecule has 0 unspecified atom stereocenters. The van der Waals surface area contributed by atoms with Crippen LogP contribution in [0.3, 0.4) is 0 Å². The lowest BCUT2D eigenvalue weighted by Gasteiger charge is -2.17. The first-order valence-electron chi connectivity index (χ1n) is 5.48. The monoisotopic (exact) mass is 324 g/mol. The Balaban J connectivity index is 2.15. The third-order valence-electron chi connectivity index (χ3n) is 2.69. The Morgan fingerprint density at radius 2 is 2.28 bits per heavy atom. The molecule has 0 saturated carbocycles. The van der Waals surface area contributed by atoms with Gasteiger partial charge in [-0.2, -0.15) is 0 Å². The van der Waals surface area contributed by atoms with Crippen molar-refractivity contribution in [3.8, 4) is 0 Å². The van der Waals surface area contributed by atoms with Crippen molar-refractivity contribution in [2.24, 2.45) is 0 Å². The van der Waals surface area contributed by atoms with Crippen molar-refractivity contribution in [3.63, 3.8) is 0 Å². The highest BCUT2D eigenvalue weighted by Gasteiger charge is 2.16. The zero-order chi connectivity index (χ0) is 13.1. The molecule has 0 aliphatic rings. The van der Waals surface area contributed by atoms with E-state index in [0.29, 0.717) is 16.7 Å². The molecule has 0 atom stereocenters. The van der Waals surface area contributed by atoms with Crippen LogP contribution >= 0.6 is 27.3 Å². The number of thiophene rings is 1. The van der Waals surface area contributed by atoms with Crippen molar-refractivity contribution in [3.05, 3.63) is 50.4 Å². The van der Waals surface area contributed by atoms with Crippen LogP contribution in [0, 0.1) is 6.92 Å². The Labute approximate surface area is 119 Å². The predicted molar refractivity (Wildman–Crippen MR) is 76.8 cm³/mol. The summed E-state index contributed by atoms with van der Waals surface area (Å²) in [6.07, 6.45) is 1.66. The first kappa shape index (κ1) is 13.2. The van der Waals surface area contributed by atoms with Gasteiger partial charge < -0.3 is 4.90 Å². The molecular formula is C13H13BrN2OS. The van der Waals surface area contributed by atoms with E-state index in [1.54, 1.807) is 41.6 Å². The summed E-state index contributed by atoms with van der Waals surface area (Å²) in [6.45, 7) is 2.69. The van der Waals surface area contributed by atoms with Crippen LogP contribution in [0.25, 0.3) is 0 Å². The second-order valence-electron chi connectivity index (χ2n) is 4.03. The van der Waals surface area contributed by atoms with Crippen LogP contribution in [0.1, 0.15) is 20.8 Å². The lowest BCUT2D eigenvalue weighted by Crippen LogP contribution is -2.26. The summed E-state index contributed by atoms with van der Waals surface area (Å²) in [6, 6.07) is 5.61. The van der Waals surface area contributed by atoms with Crippen LogP contribution < -0.4 is 0 Å². The molecule has 2 aromatic rings. The van der Waals surface area contributed by atoms with Crippen molar-refractivity contribution in [1.29, 1.82) is 0 Å². The van der Waals surface area contributed by atoms with E-state index in [9.17, 15) is 4.79 Å². The van der Waals surface area contributed by atoms with Gasteiger partial charge in [0.05, 0.1) is 12.1 Å². The van der Waals surface area contributed by atoms with E-state index in [1.165, 1.54) is 10.4 Å². The lowest BCUT2D eigenvalue weighted by molar-refractivity contribution is 0.0785. The molecule has 0 aliphatic carbocycles. The molecule has 0 radical (unpaired) electrons. The molecule has 18 heavy (non-hydrogen) atoms. The van der Waals surface area contributed by atoms with Crippen LogP contribution in [0.4, 0.5) is 0 Å². The first-order valence-corrected chi connectivity index (χ1v) is 7.16. The second kappa shape index (κ2) is 5.63. The Kier molecular flexibility index (Phi) is 4.14. The minimum Gasteiger partial charge on any atom is -0.336 e. The number of hydrogen-bond donors (Lipinski definition) is 0. The number of aromatic nitrogens is 1. The smallest absolute Gasteiger partial charge is 0.256 e. The Bertz CT molecular complexity index is 568. The number of halogens is 1. The number of hydrogen-bond acceptors (Lipinski definition) is 3. The molecule has 0 fully saturated rings. The highest BCUT2D eigenvalue weighted by Crippen LogP contribution is 2.20. The topological polar surface area (TPSA) is 33.2 Å². The Morgan fingerprint density at radius 1 is 1.50 bits per heavy atom. The Morgan fingerprint density at radius 3 is 2.89 bits per heavy atom. The lowest BCUT2D eigenvalue weighted by atomic mass is 10.2. The van der Waals surface area contributed by atoms with E-state index in [0.717, 1.165) is 0 Å². The molecule has 2 rings (SSSR count). The zero-order valence-corrected chi connectivity index (χ0v) is 12.6. The molecule has 0 spiro atoms. The number of pyridine rings is 1. The van der Waals surface area contributed by atoms with Crippen molar-refractivity contribution in [1.82, 2.24) is 9.88 Å². The van der Waals surface area contributed by atoms with Gasteiger partial charge in [0.2, 0.25) is 0 Å². The Hall–Kier alpha value is -1.20. The van der Waals surface area contributed by atoms with Gasteiger partial charge in [-0.3, -0.25) is 4.79 Å². The highest BCUT2D eigenvalue weighted by atomic mass is 79.9. The van der Waals surface area contributed by atoms with Gasteiger partial charge in [-0.25, -0.2) is 4.98 Å².